The second-order valence-electron chi connectivity index (χ2n) is 4.86. The van der Waals surface area contributed by atoms with Crippen molar-refractivity contribution in [2.75, 3.05) is 13.1 Å². The molecule has 2 aliphatic rings. The van der Waals surface area contributed by atoms with Crippen LogP contribution in [-0.2, 0) is 4.79 Å². The molecule has 2 rings (SSSR count). The number of hydrogen-bond donors (Lipinski definition) is 3. The molecule has 0 bridgehead atoms. The summed E-state index contributed by atoms with van der Waals surface area (Å²) in [6.07, 6.45) is 3.68. The van der Waals surface area contributed by atoms with E-state index in [1.165, 1.54) is 0 Å². The largest absolute Gasteiger partial charge is 0.480 e. The number of carboxylic acids is 1. The Kier molecular flexibility index (Phi) is 3.23. The molecular formula is C10H18BNO4. The maximum Gasteiger partial charge on any atom is 0.451 e. The fraction of sp³-hybridized carbons (Fsp3) is 0.900. The number of nitrogens with zero attached hydrogens (tertiary/aromatic N) is 1. The van der Waals surface area contributed by atoms with E-state index in [0.717, 1.165) is 25.8 Å². The maximum atomic E-state index is 11.4. The molecule has 0 spiro atoms. The quantitative estimate of drug-likeness (QED) is 0.566. The molecule has 2 unspecified atom stereocenters. The van der Waals surface area contributed by atoms with Crippen LogP contribution in [0.5, 0.6) is 0 Å². The summed E-state index contributed by atoms with van der Waals surface area (Å²) < 4.78 is 0. The van der Waals surface area contributed by atoms with Crippen LogP contribution in [0, 0.1) is 5.92 Å². The van der Waals surface area contributed by atoms with E-state index in [1.54, 1.807) is 0 Å². The third kappa shape index (κ3) is 1.75. The monoisotopic (exact) mass is 227 g/mol. The van der Waals surface area contributed by atoms with Gasteiger partial charge in [0.25, 0.3) is 0 Å². The lowest BCUT2D eigenvalue weighted by atomic mass is 9.67. The zero-order chi connectivity index (χ0) is 11.8. The van der Waals surface area contributed by atoms with Crippen LogP contribution in [0.1, 0.15) is 25.7 Å². The standard InChI is InChI=1S/C10H18BNO4/c13-9(14)10-4-2-8(10)3-7-12(10)6-1-5-11(15)16/h8,15-16H,1-7H2,(H,13,14). The van der Waals surface area contributed by atoms with E-state index in [-0.39, 0.29) is 0 Å². The Bertz CT molecular complexity index is 286. The third-order valence-corrected chi connectivity index (χ3v) is 4.12. The van der Waals surface area contributed by atoms with Gasteiger partial charge in [-0.2, -0.15) is 0 Å². The molecule has 0 amide bonds. The van der Waals surface area contributed by atoms with E-state index in [2.05, 4.69) is 0 Å². The van der Waals surface area contributed by atoms with Crippen LogP contribution in [0.4, 0.5) is 0 Å². The molecule has 0 aromatic heterocycles. The van der Waals surface area contributed by atoms with Crippen LogP contribution in [-0.4, -0.2) is 51.8 Å². The predicted molar refractivity (Wildman–Crippen MR) is 58.9 cm³/mol. The molecule has 0 radical (unpaired) electrons. The molecule has 0 aromatic rings. The Labute approximate surface area is 95.2 Å². The Morgan fingerprint density at radius 2 is 2.19 bits per heavy atom. The molecule has 1 heterocycles. The molecular weight excluding hydrogens is 209 g/mol. The van der Waals surface area contributed by atoms with E-state index in [1.807, 2.05) is 4.90 Å². The third-order valence-electron chi connectivity index (χ3n) is 4.12. The summed E-state index contributed by atoms with van der Waals surface area (Å²) >= 11 is 0. The lowest BCUT2D eigenvalue weighted by molar-refractivity contribution is -0.159. The normalized spacial score (nSPS) is 33.2. The molecule has 1 aliphatic heterocycles. The first-order valence-electron chi connectivity index (χ1n) is 5.92. The van der Waals surface area contributed by atoms with Crippen molar-refractivity contribution in [2.45, 2.75) is 37.5 Å². The number of rotatable bonds is 5. The lowest BCUT2D eigenvalue weighted by Gasteiger charge is -2.46. The zero-order valence-electron chi connectivity index (χ0n) is 9.30. The highest BCUT2D eigenvalue weighted by Crippen LogP contribution is 2.50. The van der Waals surface area contributed by atoms with Gasteiger partial charge in [0.05, 0.1) is 0 Å². The molecule has 5 nitrogen and oxygen atoms in total. The number of carbonyl (C=O) groups is 1. The van der Waals surface area contributed by atoms with Crippen molar-refractivity contribution in [3.63, 3.8) is 0 Å². The van der Waals surface area contributed by atoms with Crippen molar-refractivity contribution >= 4 is 13.1 Å². The summed E-state index contributed by atoms with van der Waals surface area (Å²) in [5, 5.41) is 26.8. The minimum absolute atomic E-state index is 0.309. The highest BCUT2D eigenvalue weighted by molar-refractivity contribution is 6.40. The summed E-state index contributed by atoms with van der Waals surface area (Å²) in [6.45, 7) is 1.49. The zero-order valence-corrected chi connectivity index (χ0v) is 9.30. The van der Waals surface area contributed by atoms with Gasteiger partial charge in [0.1, 0.15) is 5.54 Å². The van der Waals surface area contributed by atoms with E-state index in [9.17, 15) is 9.90 Å². The minimum atomic E-state index is -1.28. The van der Waals surface area contributed by atoms with Crippen LogP contribution in [0.15, 0.2) is 0 Å². The van der Waals surface area contributed by atoms with Crippen molar-refractivity contribution in [2.24, 2.45) is 5.92 Å². The molecule has 16 heavy (non-hydrogen) atoms. The van der Waals surface area contributed by atoms with Gasteiger partial charge in [-0.05, 0) is 51.0 Å². The molecule has 2 fully saturated rings. The predicted octanol–water partition coefficient (Wildman–Crippen LogP) is -0.212. The van der Waals surface area contributed by atoms with Crippen molar-refractivity contribution < 1.29 is 19.9 Å². The van der Waals surface area contributed by atoms with Gasteiger partial charge in [0.2, 0.25) is 0 Å². The number of likely N-dealkylation sites (tertiary alicyclic amines) is 1. The fourth-order valence-electron chi connectivity index (χ4n) is 3.13. The van der Waals surface area contributed by atoms with Crippen LogP contribution >= 0.6 is 0 Å². The van der Waals surface area contributed by atoms with E-state index in [4.69, 9.17) is 10.0 Å². The van der Waals surface area contributed by atoms with Gasteiger partial charge in [0.15, 0.2) is 0 Å². The van der Waals surface area contributed by atoms with Gasteiger partial charge in [0, 0.05) is 0 Å². The first kappa shape index (κ1) is 11.9. The summed E-state index contributed by atoms with van der Waals surface area (Å²) in [5.74, 6) is -0.394. The number of hydrogen-bond acceptors (Lipinski definition) is 4. The van der Waals surface area contributed by atoms with E-state index >= 15 is 0 Å². The molecule has 90 valence electrons. The average Bonchev–Trinajstić information content (AvgIpc) is 2.37. The van der Waals surface area contributed by atoms with E-state index in [0.29, 0.717) is 25.2 Å². The Morgan fingerprint density at radius 1 is 1.44 bits per heavy atom. The highest BCUT2D eigenvalue weighted by Gasteiger charge is 2.59. The van der Waals surface area contributed by atoms with Crippen LogP contribution in [0.25, 0.3) is 0 Å². The molecule has 0 aromatic carbocycles. The highest BCUT2D eigenvalue weighted by atomic mass is 16.4. The maximum absolute atomic E-state index is 11.4. The van der Waals surface area contributed by atoms with Crippen molar-refractivity contribution in [1.29, 1.82) is 0 Å². The van der Waals surface area contributed by atoms with Gasteiger partial charge in [-0.25, -0.2) is 0 Å². The fourth-order valence-corrected chi connectivity index (χ4v) is 3.13. The molecule has 6 heteroatoms. The van der Waals surface area contributed by atoms with Gasteiger partial charge in [-0.1, -0.05) is 0 Å². The van der Waals surface area contributed by atoms with Crippen LogP contribution in [0.3, 0.4) is 0 Å². The first-order chi connectivity index (χ1) is 7.57. The topological polar surface area (TPSA) is 81.0 Å². The summed E-state index contributed by atoms with van der Waals surface area (Å²) in [4.78, 5) is 13.4. The minimum Gasteiger partial charge on any atom is -0.480 e. The summed E-state index contributed by atoms with van der Waals surface area (Å²) in [7, 11) is -1.28. The molecule has 1 saturated carbocycles. The molecule has 2 atom stereocenters. The number of carboxylic acid groups (broad SMARTS) is 1. The SMILES string of the molecule is O=C(O)C12CCC1CCN2CCCB(O)O. The van der Waals surface area contributed by atoms with E-state index < -0.39 is 18.6 Å². The second-order valence-corrected chi connectivity index (χ2v) is 4.86. The van der Waals surface area contributed by atoms with Crippen LogP contribution in [0.2, 0.25) is 6.32 Å². The van der Waals surface area contributed by atoms with Crippen molar-refractivity contribution in [3.05, 3.63) is 0 Å². The van der Waals surface area contributed by atoms with Gasteiger partial charge < -0.3 is 15.2 Å². The lowest BCUT2D eigenvalue weighted by Crippen LogP contribution is -2.60. The number of fused-ring (bicyclic) bond motifs is 1. The average molecular weight is 227 g/mol. The summed E-state index contributed by atoms with van der Waals surface area (Å²) in [5.41, 5.74) is -0.625. The van der Waals surface area contributed by atoms with Gasteiger partial charge in [-0.15, -0.1) is 0 Å². The second kappa shape index (κ2) is 4.35. The summed E-state index contributed by atoms with van der Waals surface area (Å²) in [6, 6.07) is 0. The smallest absolute Gasteiger partial charge is 0.451 e. The Balaban J connectivity index is 1.92. The van der Waals surface area contributed by atoms with Crippen molar-refractivity contribution in [1.82, 2.24) is 4.90 Å². The molecule has 1 aliphatic carbocycles. The van der Waals surface area contributed by atoms with Crippen molar-refractivity contribution in [3.8, 4) is 0 Å². The number of aliphatic carboxylic acids is 1. The van der Waals surface area contributed by atoms with Gasteiger partial charge >= 0.3 is 13.1 Å². The molecule has 3 N–H and O–H groups in total. The van der Waals surface area contributed by atoms with Gasteiger partial charge in [-0.3, -0.25) is 9.69 Å². The molecule has 1 saturated heterocycles. The van der Waals surface area contributed by atoms with Crippen LogP contribution < -0.4 is 0 Å². The first-order valence-corrected chi connectivity index (χ1v) is 5.92. The Morgan fingerprint density at radius 3 is 2.69 bits per heavy atom. The Hall–Kier alpha value is -0.585.